The molecule has 1 aromatic rings. The zero-order chi connectivity index (χ0) is 7.98. The van der Waals surface area contributed by atoms with E-state index in [1.54, 1.807) is 12.4 Å². The number of H-pyrrole nitrogens is 1. The lowest BCUT2D eigenvalue weighted by Crippen LogP contribution is -3.98. The van der Waals surface area contributed by atoms with Crippen molar-refractivity contribution in [2.75, 3.05) is 0 Å². The van der Waals surface area contributed by atoms with Crippen molar-refractivity contribution in [1.82, 2.24) is 9.97 Å². The molecule has 58 valence electrons. The molecule has 0 saturated carbocycles. The number of rotatable bonds is 0. The fourth-order valence-electron chi connectivity index (χ4n) is 0.344. The van der Waals surface area contributed by atoms with E-state index in [9.17, 15) is 0 Å². The first kappa shape index (κ1) is 9.82. The molecule has 1 rings (SSSR count). The second-order valence-electron chi connectivity index (χ2n) is 1.38. The van der Waals surface area contributed by atoms with Gasteiger partial charge >= 0.3 is 21.1 Å². The number of nitrogens with one attached hydrogen (secondary N) is 1. The molecule has 0 unspecified atom stereocenters. The summed E-state index contributed by atoms with van der Waals surface area (Å²) in [5, 5.41) is 0. The molecular weight excluding hydrogens is 251 g/mol. The van der Waals surface area contributed by atoms with Gasteiger partial charge in [0.25, 0.3) is 0 Å². The van der Waals surface area contributed by atoms with Crippen molar-refractivity contribution >= 4 is 0 Å². The Kier molecular flexibility index (Phi) is 5.49. The van der Waals surface area contributed by atoms with E-state index in [4.69, 9.17) is 10.3 Å². The highest BCUT2D eigenvalue weighted by Crippen LogP contribution is 1.78. The highest BCUT2D eigenvalue weighted by atomic mass is 127. The van der Waals surface area contributed by atoms with Crippen LogP contribution in [0.1, 0.15) is 5.82 Å². The van der Waals surface area contributed by atoms with Crippen LogP contribution in [0.15, 0.2) is 12.4 Å². The van der Waals surface area contributed by atoms with Crippen molar-refractivity contribution in [3.8, 4) is 0 Å². The Bertz CT molecular complexity index is 151. The van der Waals surface area contributed by atoms with Gasteiger partial charge in [-0.15, -0.1) is 0 Å². The molecule has 1 aromatic heterocycles. The average molecular weight is 258 g/mol. The molecule has 0 aliphatic rings. The van der Waals surface area contributed by atoms with Gasteiger partial charge in [-0.1, -0.05) is 0 Å². The molecule has 0 radical (unpaired) electrons. The number of hydrogen-bond donors (Lipinski definition) is 2. The maximum atomic E-state index is 8.68. The third-order valence-corrected chi connectivity index (χ3v) is 0.635. The van der Waals surface area contributed by atoms with Gasteiger partial charge in [-0.3, -0.25) is 0 Å². The molecule has 5 nitrogen and oxygen atoms in total. The second-order valence-corrected chi connectivity index (χ2v) is 2.52. The Labute approximate surface area is 66.8 Å². The van der Waals surface area contributed by atoms with Crippen LogP contribution in [0.2, 0.25) is 0 Å². The summed E-state index contributed by atoms with van der Waals surface area (Å²) in [6.07, 6.45) is 3.53. The summed E-state index contributed by atoms with van der Waals surface area (Å²) >= 11 is -3.76. The summed E-state index contributed by atoms with van der Waals surface area (Å²) in [4.78, 5) is 6.75. The van der Waals surface area contributed by atoms with Crippen LogP contribution in [0.5, 0.6) is 0 Å². The fraction of sp³-hybridized carbons (Fsp3) is 0.250. The van der Waals surface area contributed by atoms with E-state index in [0.717, 1.165) is 5.82 Å². The molecule has 0 amide bonds. The van der Waals surface area contributed by atoms with Gasteiger partial charge < -0.3 is 11.9 Å². The molecule has 0 atom stereocenters. The molecular formula is C4H7IN2O3. The first-order valence-electron chi connectivity index (χ1n) is 2.33. The first-order valence-corrected chi connectivity index (χ1v) is 5.06. The number of imidazole rings is 1. The maximum Gasteiger partial charge on any atom is 0.503 e. The smallest absolute Gasteiger partial charge is 0.396 e. The normalized spacial score (nSPS) is 8.90. The fourth-order valence-corrected chi connectivity index (χ4v) is 0.344. The van der Waals surface area contributed by atoms with Gasteiger partial charge in [-0.05, 0) is 10.4 Å². The average Bonchev–Trinajstić information content (AvgIpc) is 2.15. The van der Waals surface area contributed by atoms with E-state index in [1.165, 1.54) is 0 Å². The van der Waals surface area contributed by atoms with Gasteiger partial charge in [-0.2, -0.15) is 0 Å². The molecule has 0 saturated heterocycles. The quantitative estimate of drug-likeness (QED) is 0.455. The van der Waals surface area contributed by atoms with Crippen molar-refractivity contribution in [1.29, 1.82) is 0 Å². The van der Waals surface area contributed by atoms with Gasteiger partial charge in [-0.25, -0.2) is 4.98 Å². The highest BCUT2D eigenvalue weighted by Gasteiger charge is 1.89. The number of halogens is 1. The number of aromatic amines is 1. The van der Waals surface area contributed by atoms with Crippen LogP contribution in [-0.4, -0.2) is 13.4 Å². The zero-order valence-corrected chi connectivity index (χ0v) is 7.40. The minimum atomic E-state index is -3.76. The monoisotopic (exact) mass is 258 g/mol. The van der Waals surface area contributed by atoms with Crippen LogP contribution in [0.4, 0.5) is 0 Å². The van der Waals surface area contributed by atoms with Gasteiger partial charge in [0.05, 0.1) is 0 Å². The third-order valence-electron chi connectivity index (χ3n) is 0.635. The van der Waals surface area contributed by atoms with E-state index >= 15 is 0 Å². The molecule has 0 spiro atoms. The highest BCUT2D eigenvalue weighted by molar-refractivity contribution is 4.80. The van der Waals surface area contributed by atoms with E-state index in [-0.39, 0.29) is 0 Å². The molecule has 0 aliphatic carbocycles. The van der Waals surface area contributed by atoms with Crippen LogP contribution in [-0.2, 0) is 0 Å². The van der Waals surface area contributed by atoms with Gasteiger partial charge in [0.1, 0.15) is 5.82 Å². The molecule has 6 heteroatoms. The largest absolute Gasteiger partial charge is 0.503 e. The zero-order valence-electron chi connectivity index (χ0n) is 5.24. The third kappa shape index (κ3) is 7.82. The minimum absolute atomic E-state index is 0.968. The predicted octanol–water partition coefficient (Wildman–Crippen LogP) is -5.21. The van der Waals surface area contributed by atoms with Crippen LogP contribution in [0.25, 0.3) is 0 Å². The lowest BCUT2D eigenvalue weighted by atomic mass is 10.8. The van der Waals surface area contributed by atoms with Crippen molar-refractivity contribution in [3.63, 3.8) is 0 Å². The molecule has 2 N–H and O–H groups in total. The Morgan fingerprint density at radius 1 is 1.70 bits per heavy atom. The van der Waals surface area contributed by atoms with Crippen molar-refractivity contribution < 1.29 is 31.4 Å². The predicted molar refractivity (Wildman–Crippen MR) is 25.5 cm³/mol. The number of nitrogens with zero attached hydrogens (tertiary/aromatic N) is 1. The second kappa shape index (κ2) is 5.59. The topological polar surface area (TPSA) is 95.0 Å². The van der Waals surface area contributed by atoms with Crippen molar-refractivity contribution in [2.24, 2.45) is 0 Å². The van der Waals surface area contributed by atoms with E-state index < -0.39 is 21.1 Å². The van der Waals surface area contributed by atoms with Crippen LogP contribution >= 0.6 is 0 Å². The van der Waals surface area contributed by atoms with E-state index in [0.29, 0.717) is 0 Å². The molecule has 0 aromatic carbocycles. The maximum absolute atomic E-state index is 8.68. The lowest BCUT2D eigenvalue weighted by molar-refractivity contribution is -1.63. The standard InChI is InChI=1S/C4H6N2.HIO3/c1-4-5-2-3-6-4;2-1(3)4/h2-3H,1H3,(H,5,6);2H. The van der Waals surface area contributed by atoms with Gasteiger partial charge in [0.2, 0.25) is 0 Å². The molecule has 0 bridgehead atoms. The Morgan fingerprint density at radius 3 is 2.30 bits per heavy atom. The Morgan fingerprint density at radius 2 is 2.20 bits per heavy atom. The SMILES string of the molecule is Cc1ncc[nH]1.[O-][I+2]([O-])O. The molecule has 0 fully saturated rings. The van der Waals surface area contributed by atoms with Gasteiger partial charge in [0.15, 0.2) is 0 Å². The summed E-state index contributed by atoms with van der Waals surface area (Å²) in [5.41, 5.74) is 0. The summed E-state index contributed by atoms with van der Waals surface area (Å²) in [6, 6.07) is 0. The van der Waals surface area contributed by atoms with Crippen LogP contribution < -0.4 is 27.9 Å². The summed E-state index contributed by atoms with van der Waals surface area (Å²) in [5.74, 6) is 0.968. The van der Waals surface area contributed by atoms with Gasteiger partial charge in [0, 0.05) is 12.4 Å². The number of hydrogen-bond acceptors (Lipinski definition) is 4. The van der Waals surface area contributed by atoms with Crippen LogP contribution in [0.3, 0.4) is 0 Å². The van der Waals surface area contributed by atoms with Crippen LogP contribution in [0, 0.1) is 6.92 Å². The molecule has 10 heavy (non-hydrogen) atoms. The summed E-state index contributed by atoms with van der Waals surface area (Å²) in [7, 11) is 0. The number of aromatic nitrogens is 2. The van der Waals surface area contributed by atoms with Crippen molar-refractivity contribution in [3.05, 3.63) is 18.2 Å². The molecule has 1 heterocycles. The number of aryl methyl sites for hydroxylation is 1. The Balaban J connectivity index is 0.000000180. The first-order chi connectivity index (χ1) is 4.63. The lowest BCUT2D eigenvalue weighted by Gasteiger charge is -1.68. The minimum Gasteiger partial charge on any atom is -0.396 e. The van der Waals surface area contributed by atoms with E-state index in [2.05, 4.69) is 9.97 Å². The molecule has 0 aliphatic heterocycles. The summed E-state index contributed by atoms with van der Waals surface area (Å²) < 4.78 is 24.5. The Hall–Kier alpha value is -0.180. The summed E-state index contributed by atoms with van der Waals surface area (Å²) in [6.45, 7) is 1.92. The van der Waals surface area contributed by atoms with E-state index in [1.807, 2.05) is 6.92 Å². The van der Waals surface area contributed by atoms with Crippen molar-refractivity contribution in [2.45, 2.75) is 6.92 Å².